The van der Waals surface area contributed by atoms with Crippen LogP contribution in [0.15, 0.2) is 48.7 Å². The van der Waals surface area contributed by atoms with E-state index in [1.165, 1.54) is 6.07 Å². The number of aromatic nitrogens is 2. The van der Waals surface area contributed by atoms with Gasteiger partial charge in [-0.1, -0.05) is 17.7 Å². The third-order valence-electron chi connectivity index (χ3n) is 4.15. The van der Waals surface area contributed by atoms with Crippen LogP contribution in [0.1, 0.15) is 5.69 Å². The Morgan fingerprint density at radius 1 is 1.12 bits per heavy atom. The molecule has 0 atom stereocenters. The van der Waals surface area contributed by atoms with Gasteiger partial charge in [-0.2, -0.15) is 0 Å². The van der Waals surface area contributed by atoms with E-state index in [0.717, 1.165) is 38.6 Å². The topological polar surface area (TPSA) is 71.8 Å². The van der Waals surface area contributed by atoms with Crippen LogP contribution in [-0.4, -0.2) is 14.9 Å². The second-order valence-corrected chi connectivity index (χ2v) is 6.07. The van der Waals surface area contributed by atoms with Crippen molar-refractivity contribution in [2.75, 3.05) is 0 Å². The van der Waals surface area contributed by atoms with Crippen molar-refractivity contribution in [3.8, 4) is 11.1 Å². The van der Waals surface area contributed by atoms with Gasteiger partial charge in [-0.05, 0) is 36.8 Å². The molecule has 2 aromatic carbocycles. The van der Waals surface area contributed by atoms with Gasteiger partial charge in [-0.15, -0.1) is 0 Å². The maximum atomic E-state index is 11.1. The summed E-state index contributed by atoms with van der Waals surface area (Å²) in [4.78, 5) is 18.4. The second-order valence-electron chi connectivity index (χ2n) is 5.63. The Morgan fingerprint density at radius 3 is 2.75 bits per heavy atom. The maximum Gasteiger partial charge on any atom is 0.270 e. The summed E-state index contributed by atoms with van der Waals surface area (Å²) in [7, 11) is 0. The minimum atomic E-state index is -0.379. The largest absolute Gasteiger partial charge is 0.358 e. The molecule has 2 heterocycles. The number of halogens is 1. The Morgan fingerprint density at radius 2 is 1.96 bits per heavy atom. The van der Waals surface area contributed by atoms with Crippen LogP contribution in [0.25, 0.3) is 32.9 Å². The molecule has 0 amide bonds. The average molecular weight is 338 g/mol. The summed E-state index contributed by atoms with van der Waals surface area (Å²) in [6.07, 6.45) is 1.73. The molecule has 6 heteroatoms. The number of aromatic amines is 1. The summed E-state index contributed by atoms with van der Waals surface area (Å²) >= 11 is 6.06. The Bertz CT molecular complexity index is 1120. The van der Waals surface area contributed by atoms with Crippen molar-refractivity contribution in [1.82, 2.24) is 9.97 Å². The minimum Gasteiger partial charge on any atom is -0.358 e. The third-order valence-corrected chi connectivity index (χ3v) is 4.39. The summed E-state index contributed by atoms with van der Waals surface area (Å²) in [5.41, 5.74) is 4.60. The molecule has 0 saturated heterocycles. The lowest BCUT2D eigenvalue weighted by molar-refractivity contribution is -0.384. The molecule has 4 aromatic rings. The number of benzene rings is 2. The lowest BCUT2D eigenvalue weighted by atomic mass is 9.98. The van der Waals surface area contributed by atoms with Crippen LogP contribution < -0.4 is 0 Å². The Labute approximate surface area is 142 Å². The van der Waals surface area contributed by atoms with Crippen molar-refractivity contribution < 1.29 is 4.92 Å². The fourth-order valence-corrected chi connectivity index (χ4v) is 3.28. The molecule has 4 rings (SSSR count). The van der Waals surface area contributed by atoms with Crippen molar-refractivity contribution in [3.63, 3.8) is 0 Å². The monoisotopic (exact) mass is 337 g/mol. The third kappa shape index (κ3) is 2.21. The van der Waals surface area contributed by atoms with Gasteiger partial charge < -0.3 is 4.98 Å². The van der Waals surface area contributed by atoms with Crippen LogP contribution in [0.2, 0.25) is 5.02 Å². The average Bonchev–Trinajstić information content (AvgIpc) is 2.88. The molecule has 0 aliphatic carbocycles. The fraction of sp³-hybridized carbons (Fsp3) is 0.0556. The van der Waals surface area contributed by atoms with Crippen molar-refractivity contribution in [3.05, 3.63) is 69.5 Å². The lowest BCUT2D eigenvalue weighted by Gasteiger charge is -2.07. The molecule has 24 heavy (non-hydrogen) atoms. The number of non-ortho nitro benzene ring substituents is 1. The predicted octanol–water partition coefficient (Wildman–Crippen LogP) is 5.25. The van der Waals surface area contributed by atoms with Gasteiger partial charge in [0.25, 0.3) is 5.69 Å². The number of hydrogen-bond donors (Lipinski definition) is 1. The molecule has 0 aliphatic heterocycles. The number of fused-ring (bicyclic) bond motifs is 2. The molecule has 1 N–H and O–H groups in total. The molecule has 5 nitrogen and oxygen atoms in total. The summed E-state index contributed by atoms with van der Waals surface area (Å²) in [6, 6.07) is 12.3. The van der Waals surface area contributed by atoms with Crippen molar-refractivity contribution >= 4 is 39.1 Å². The van der Waals surface area contributed by atoms with E-state index in [1.807, 2.05) is 31.2 Å². The highest BCUT2D eigenvalue weighted by Crippen LogP contribution is 2.37. The van der Waals surface area contributed by atoms with Gasteiger partial charge in [0, 0.05) is 50.9 Å². The van der Waals surface area contributed by atoms with E-state index in [4.69, 9.17) is 11.6 Å². The van der Waals surface area contributed by atoms with Gasteiger partial charge in [-0.3, -0.25) is 15.1 Å². The van der Waals surface area contributed by atoms with E-state index < -0.39 is 0 Å². The molecule has 0 unspecified atom stereocenters. The van der Waals surface area contributed by atoms with Gasteiger partial charge in [0.15, 0.2) is 0 Å². The van der Waals surface area contributed by atoms with Crippen LogP contribution in [0, 0.1) is 17.0 Å². The number of nitro groups is 1. The zero-order valence-electron chi connectivity index (χ0n) is 12.7. The molecule has 0 radical (unpaired) electrons. The summed E-state index contributed by atoms with van der Waals surface area (Å²) < 4.78 is 0. The lowest BCUT2D eigenvalue weighted by Crippen LogP contribution is -1.88. The minimum absolute atomic E-state index is 0.0733. The maximum absolute atomic E-state index is 11.1. The van der Waals surface area contributed by atoms with Crippen LogP contribution in [0.4, 0.5) is 5.69 Å². The van der Waals surface area contributed by atoms with Crippen LogP contribution in [-0.2, 0) is 0 Å². The summed E-state index contributed by atoms with van der Waals surface area (Å²) in [5.74, 6) is 0. The van der Waals surface area contributed by atoms with Crippen LogP contribution >= 0.6 is 11.6 Å². The SMILES string of the molecule is Cc1[nH]c2ccc([N+](=O)[O-])cc2c1-c1ccnc2cc(Cl)ccc12. The number of pyridine rings is 1. The Hall–Kier alpha value is -2.92. The van der Waals surface area contributed by atoms with E-state index in [2.05, 4.69) is 9.97 Å². The molecule has 118 valence electrons. The fourth-order valence-electron chi connectivity index (χ4n) is 3.11. The van der Waals surface area contributed by atoms with Gasteiger partial charge >= 0.3 is 0 Å². The molecule has 0 aliphatic rings. The number of nitrogens with zero attached hydrogens (tertiary/aromatic N) is 2. The standard InChI is InChI=1S/C18H12ClN3O2/c1-10-18(15-9-12(22(23)24)3-5-16(15)21-10)14-6-7-20-17-8-11(19)2-4-13(14)17/h2-9,21H,1H3. The highest BCUT2D eigenvalue weighted by molar-refractivity contribution is 6.31. The number of nitrogens with one attached hydrogen (secondary N) is 1. The number of aryl methyl sites for hydroxylation is 1. The number of hydrogen-bond acceptors (Lipinski definition) is 3. The van der Waals surface area contributed by atoms with E-state index in [0.29, 0.717) is 5.02 Å². The highest BCUT2D eigenvalue weighted by Gasteiger charge is 2.16. The first-order valence-corrected chi connectivity index (χ1v) is 7.74. The molecule has 0 bridgehead atoms. The second kappa shape index (κ2) is 5.32. The number of rotatable bonds is 2. The molecule has 0 fully saturated rings. The highest BCUT2D eigenvalue weighted by atomic mass is 35.5. The van der Waals surface area contributed by atoms with Crippen LogP contribution in [0.5, 0.6) is 0 Å². The molecule has 0 spiro atoms. The quantitative estimate of drug-likeness (QED) is 0.401. The first-order chi connectivity index (χ1) is 11.5. The van der Waals surface area contributed by atoms with E-state index in [9.17, 15) is 10.1 Å². The molecular weight excluding hydrogens is 326 g/mol. The van der Waals surface area contributed by atoms with E-state index in [-0.39, 0.29) is 10.6 Å². The van der Waals surface area contributed by atoms with Gasteiger partial charge in [-0.25, -0.2) is 0 Å². The smallest absolute Gasteiger partial charge is 0.270 e. The molecular formula is C18H12ClN3O2. The van der Waals surface area contributed by atoms with Crippen molar-refractivity contribution in [1.29, 1.82) is 0 Å². The van der Waals surface area contributed by atoms with Gasteiger partial charge in [0.1, 0.15) is 0 Å². The van der Waals surface area contributed by atoms with Gasteiger partial charge in [0.2, 0.25) is 0 Å². The Kier molecular flexibility index (Phi) is 3.25. The van der Waals surface area contributed by atoms with E-state index in [1.54, 1.807) is 18.3 Å². The first-order valence-electron chi connectivity index (χ1n) is 7.36. The predicted molar refractivity (Wildman–Crippen MR) is 95.4 cm³/mol. The van der Waals surface area contributed by atoms with Gasteiger partial charge in [0.05, 0.1) is 10.4 Å². The van der Waals surface area contributed by atoms with E-state index >= 15 is 0 Å². The van der Waals surface area contributed by atoms with Crippen LogP contribution in [0.3, 0.4) is 0 Å². The van der Waals surface area contributed by atoms with Crippen molar-refractivity contribution in [2.45, 2.75) is 6.92 Å². The Balaban J connectivity index is 2.08. The zero-order valence-corrected chi connectivity index (χ0v) is 13.5. The number of nitro benzene ring substituents is 1. The molecule has 2 aromatic heterocycles. The van der Waals surface area contributed by atoms with Crippen molar-refractivity contribution in [2.24, 2.45) is 0 Å². The summed E-state index contributed by atoms with van der Waals surface area (Å²) in [5, 5.41) is 13.5. The zero-order chi connectivity index (χ0) is 16.8. The first kappa shape index (κ1) is 14.7. The normalized spacial score (nSPS) is 11.2. The number of H-pyrrole nitrogens is 1. The summed E-state index contributed by atoms with van der Waals surface area (Å²) in [6.45, 7) is 1.96. The molecule has 0 saturated carbocycles.